The first-order chi connectivity index (χ1) is 11.3. The average Bonchev–Trinajstić information content (AvgIpc) is 2.52. The summed E-state index contributed by atoms with van der Waals surface area (Å²) >= 11 is 0. The van der Waals surface area contributed by atoms with E-state index in [1.54, 1.807) is 18.2 Å². The predicted octanol–water partition coefficient (Wildman–Crippen LogP) is 3.56. The molecule has 0 unspecified atom stereocenters. The molecular formula is C18H22N2O3S. The summed E-state index contributed by atoms with van der Waals surface area (Å²) in [4.78, 5) is 11.3. The van der Waals surface area contributed by atoms with Crippen LogP contribution < -0.4 is 9.62 Å². The number of rotatable bonds is 6. The molecule has 0 saturated carbocycles. The molecule has 24 heavy (non-hydrogen) atoms. The van der Waals surface area contributed by atoms with Crippen LogP contribution in [0.15, 0.2) is 53.4 Å². The number of carbonyl (C=O) groups excluding carboxylic acids is 1. The second kappa shape index (κ2) is 7.49. The van der Waals surface area contributed by atoms with Crippen molar-refractivity contribution in [3.05, 3.63) is 54.1 Å². The summed E-state index contributed by atoms with van der Waals surface area (Å²) < 4.78 is 27.4. The van der Waals surface area contributed by atoms with E-state index < -0.39 is 10.0 Å². The Morgan fingerprint density at radius 1 is 1.12 bits per heavy atom. The number of anilines is 2. The Labute approximate surface area is 143 Å². The third-order valence-electron chi connectivity index (χ3n) is 3.48. The van der Waals surface area contributed by atoms with Gasteiger partial charge in [-0.25, -0.2) is 8.42 Å². The molecule has 6 heteroatoms. The fourth-order valence-electron chi connectivity index (χ4n) is 2.41. The van der Waals surface area contributed by atoms with Crippen molar-refractivity contribution in [3.63, 3.8) is 0 Å². The Morgan fingerprint density at radius 2 is 1.79 bits per heavy atom. The third-order valence-corrected chi connectivity index (χ3v) is 5.32. The lowest BCUT2D eigenvalue weighted by Gasteiger charge is -2.24. The minimum Gasteiger partial charge on any atom is -0.326 e. The van der Waals surface area contributed by atoms with Crippen LogP contribution in [0.2, 0.25) is 0 Å². The van der Waals surface area contributed by atoms with Crippen LogP contribution in [-0.4, -0.2) is 20.9 Å². The van der Waals surface area contributed by atoms with E-state index in [-0.39, 0.29) is 10.8 Å². The highest BCUT2D eigenvalue weighted by atomic mass is 32.2. The highest BCUT2D eigenvalue weighted by Crippen LogP contribution is 2.25. The maximum atomic E-state index is 13.0. The molecule has 0 aromatic heterocycles. The van der Waals surface area contributed by atoms with Gasteiger partial charge < -0.3 is 5.32 Å². The van der Waals surface area contributed by atoms with Gasteiger partial charge in [0.15, 0.2) is 0 Å². The molecule has 2 aromatic carbocycles. The summed E-state index contributed by atoms with van der Waals surface area (Å²) in [6.07, 6.45) is 0.706. The number of benzene rings is 2. The molecule has 2 rings (SSSR count). The number of aryl methyl sites for hydroxylation is 1. The Balaban J connectivity index is 2.39. The lowest BCUT2D eigenvalue weighted by Crippen LogP contribution is -2.31. The van der Waals surface area contributed by atoms with Crippen LogP contribution in [0.4, 0.5) is 11.4 Å². The number of carbonyl (C=O) groups is 1. The monoisotopic (exact) mass is 346 g/mol. The molecule has 0 aliphatic rings. The smallest absolute Gasteiger partial charge is 0.264 e. The standard InChI is InChI=1S/C18H22N2O3S/c1-4-12-20(17-7-5-6-14(2)13-17)24(22,23)18-10-8-16(9-11-18)19-15(3)21/h5-11,13H,4,12H2,1-3H3,(H,19,21). The maximum absolute atomic E-state index is 13.0. The summed E-state index contributed by atoms with van der Waals surface area (Å²) in [7, 11) is -3.66. The van der Waals surface area contributed by atoms with E-state index in [9.17, 15) is 13.2 Å². The Hall–Kier alpha value is -2.34. The van der Waals surface area contributed by atoms with E-state index in [1.165, 1.54) is 23.4 Å². The number of sulfonamides is 1. The Kier molecular flexibility index (Phi) is 5.62. The second-order valence-corrected chi connectivity index (χ2v) is 7.48. The van der Waals surface area contributed by atoms with E-state index in [1.807, 2.05) is 32.0 Å². The van der Waals surface area contributed by atoms with Crippen LogP contribution in [0.3, 0.4) is 0 Å². The van der Waals surface area contributed by atoms with Crippen molar-refractivity contribution in [1.82, 2.24) is 0 Å². The van der Waals surface area contributed by atoms with Gasteiger partial charge in [-0.15, -0.1) is 0 Å². The molecule has 0 radical (unpaired) electrons. The van der Waals surface area contributed by atoms with Gasteiger partial charge in [0.2, 0.25) is 5.91 Å². The van der Waals surface area contributed by atoms with E-state index in [4.69, 9.17) is 0 Å². The van der Waals surface area contributed by atoms with Crippen molar-refractivity contribution >= 4 is 27.3 Å². The lowest BCUT2D eigenvalue weighted by molar-refractivity contribution is -0.114. The number of amides is 1. The fourth-order valence-corrected chi connectivity index (χ4v) is 3.96. The van der Waals surface area contributed by atoms with Gasteiger partial charge in [0, 0.05) is 19.2 Å². The van der Waals surface area contributed by atoms with Crippen molar-refractivity contribution in [3.8, 4) is 0 Å². The van der Waals surface area contributed by atoms with Crippen molar-refractivity contribution < 1.29 is 13.2 Å². The molecule has 5 nitrogen and oxygen atoms in total. The maximum Gasteiger partial charge on any atom is 0.264 e. The van der Waals surface area contributed by atoms with E-state index in [2.05, 4.69) is 5.32 Å². The topological polar surface area (TPSA) is 66.5 Å². The summed E-state index contributed by atoms with van der Waals surface area (Å²) in [5, 5.41) is 2.63. The zero-order chi connectivity index (χ0) is 17.7. The first-order valence-corrected chi connectivity index (χ1v) is 9.25. The summed E-state index contributed by atoms with van der Waals surface area (Å²) in [6, 6.07) is 13.7. The Bertz CT molecular complexity index is 814. The van der Waals surface area contributed by atoms with Gasteiger partial charge in [-0.05, 0) is 55.3 Å². The molecule has 0 spiro atoms. The van der Waals surface area contributed by atoms with Crippen LogP contribution in [0.25, 0.3) is 0 Å². The summed E-state index contributed by atoms with van der Waals surface area (Å²) in [6.45, 7) is 5.69. The zero-order valence-electron chi connectivity index (χ0n) is 14.1. The largest absolute Gasteiger partial charge is 0.326 e. The minimum atomic E-state index is -3.66. The highest BCUT2D eigenvalue weighted by molar-refractivity contribution is 7.92. The first-order valence-electron chi connectivity index (χ1n) is 7.81. The molecule has 128 valence electrons. The summed E-state index contributed by atoms with van der Waals surface area (Å²) in [5.41, 5.74) is 2.23. The molecule has 0 aliphatic heterocycles. The molecule has 0 aliphatic carbocycles. The average molecular weight is 346 g/mol. The molecule has 0 fully saturated rings. The number of nitrogens with one attached hydrogen (secondary N) is 1. The van der Waals surface area contributed by atoms with Gasteiger partial charge in [-0.1, -0.05) is 19.1 Å². The Morgan fingerprint density at radius 3 is 2.33 bits per heavy atom. The van der Waals surface area contributed by atoms with Crippen LogP contribution >= 0.6 is 0 Å². The number of hydrogen-bond acceptors (Lipinski definition) is 3. The second-order valence-electron chi connectivity index (χ2n) is 5.62. The fraction of sp³-hybridized carbons (Fsp3) is 0.278. The van der Waals surface area contributed by atoms with Gasteiger partial charge in [0.05, 0.1) is 10.6 Å². The van der Waals surface area contributed by atoms with Crippen LogP contribution in [0.5, 0.6) is 0 Å². The first kappa shape index (κ1) is 18.0. The van der Waals surface area contributed by atoms with Crippen molar-refractivity contribution in [2.24, 2.45) is 0 Å². The number of hydrogen-bond donors (Lipinski definition) is 1. The zero-order valence-corrected chi connectivity index (χ0v) is 14.9. The summed E-state index contributed by atoms with van der Waals surface area (Å²) in [5.74, 6) is -0.196. The van der Waals surface area contributed by atoms with Crippen LogP contribution in [-0.2, 0) is 14.8 Å². The minimum absolute atomic E-state index is 0.196. The molecule has 0 atom stereocenters. The lowest BCUT2D eigenvalue weighted by atomic mass is 10.2. The molecule has 1 N–H and O–H groups in total. The van der Waals surface area contributed by atoms with Gasteiger partial charge in [-0.2, -0.15) is 0 Å². The van der Waals surface area contributed by atoms with Gasteiger partial charge in [0.1, 0.15) is 0 Å². The van der Waals surface area contributed by atoms with Crippen LogP contribution in [0.1, 0.15) is 25.8 Å². The van der Waals surface area contributed by atoms with E-state index in [0.717, 1.165) is 5.56 Å². The van der Waals surface area contributed by atoms with Gasteiger partial charge in [-0.3, -0.25) is 9.10 Å². The molecule has 1 amide bonds. The normalized spacial score (nSPS) is 11.1. The quantitative estimate of drug-likeness (QED) is 0.870. The van der Waals surface area contributed by atoms with Crippen molar-refractivity contribution in [2.75, 3.05) is 16.2 Å². The molecular weight excluding hydrogens is 324 g/mol. The highest BCUT2D eigenvalue weighted by Gasteiger charge is 2.24. The van der Waals surface area contributed by atoms with E-state index >= 15 is 0 Å². The molecule has 0 heterocycles. The third kappa shape index (κ3) is 4.14. The predicted molar refractivity (Wildman–Crippen MR) is 96.7 cm³/mol. The van der Waals surface area contributed by atoms with Gasteiger partial charge in [0.25, 0.3) is 10.0 Å². The number of nitrogens with zero attached hydrogens (tertiary/aromatic N) is 1. The molecule has 0 bridgehead atoms. The van der Waals surface area contributed by atoms with Gasteiger partial charge >= 0.3 is 0 Å². The SMILES string of the molecule is CCCN(c1cccc(C)c1)S(=O)(=O)c1ccc(NC(C)=O)cc1. The van der Waals surface area contributed by atoms with Crippen LogP contribution in [0, 0.1) is 6.92 Å². The van der Waals surface area contributed by atoms with E-state index in [0.29, 0.717) is 24.3 Å². The van der Waals surface area contributed by atoms with Crippen molar-refractivity contribution in [2.45, 2.75) is 32.1 Å². The molecule has 0 saturated heterocycles. The molecule has 2 aromatic rings. The van der Waals surface area contributed by atoms with Crippen molar-refractivity contribution in [1.29, 1.82) is 0 Å².